The summed E-state index contributed by atoms with van der Waals surface area (Å²) in [5.41, 5.74) is 4.80. The van der Waals surface area contributed by atoms with Gasteiger partial charge in [-0.2, -0.15) is 22.0 Å². The summed E-state index contributed by atoms with van der Waals surface area (Å²) >= 11 is 0. The lowest BCUT2D eigenvalue weighted by Crippen LogP contribution is -2.45. The zero-order chi connectivity index (χ0) is 24.9. The standard InChI is InChI=1S/C26H23F7O/c1-2-3-17-6-11-20(12-7-17)21-13-8-18(9-14-21)4-5-19-10-15-23(22(27)16-19)34-26(32,33)24(28)25(29,30)31/h6-16,24H,2-5H2,1H3. The van der Waals surface area contributed by atoms with Crippen LogP contribution in [-0.2, 0) is 19.3 Å². The molecule has 34 heavy (non-hydrogen) atoms. The van der Waals surface area contributed by atoms with Crippen molar-refractivity contribution in [2.24, 2.45) is 0 Å². The zero-order valence-electron chi connectivity index (χ0n) is 18.3. The topological polar surface area (TPSA) is 9.23 Å². The van der Waals surface area contributed by atoms with Gasteiger partial charge in [-0.15, -0.1) is 0 Å². The van der Waals surface area contributed by atoms with Crippen LogP contribution in [0.4, 0.5) is 30.7 Å². The molecule has 0 radical (unpaired) electrons. The molecule has 0 aliphatic carbocycles. The van der Waals surface area contributed by atoms with Crippen molar-refractivity contribution in [3.63, 3.8) is 0 Å². The molecular weight excluding hydrogens is 461 g/mol. The molecule has 8 heteroatoms. The Morgan fingerprint density at radius 3 is 1.65 bits per heavy atom. The second-order valence-electron chi connectivity index (χ2n) is 7.98. The molecule has 1 nitrogen and oxygen atoms in total. The number of ether oxygens (including phenoxy) is 1. The Labute approximate surface area is 193 Å². The lowest BCUT2D eigenvalue weighted by Gasteiger charge is -2.23. The molecule has 0 aliphatic rings. The Morgan fingerprint density at radius 2 is 1.18 bits per heavy atom. The molecule has 3 aromatic rings. The van der Waals surface area contributed by atoms with E-state index in [1.54, 1.807) is 0 Å². The maximum Gasteiger partial charge on any atom is 0.439 e. The van der Waals surface area contributed by atoms with Crippen LogP contribution in [0.2, 0.25) is 0 Å². The number of rotatable bonds is 9. The average molecular weight is 484 g/mol. The van der Waals surface area contributed by atoms with Crippen LogP contribution in [0.5, 0.6) is 5.75 Å². The summed E-state index contributed by atoms with van der Waals surface area (Å²) in [4.78, 5) is 0. The van der Waals surface area contributed by atoms with Gasteiger partial charge >= 0.3 is 12.3 Å². The van der Waals surface area contributed by atoms with Crippen molar-refractivity contribution in [1.82, 2.24) is 0 Å². The van der Waals surface area contributed by atoms with E-state index in [0.717, 1.165) is 41.7 Å². The van der Waals surface area contributed by atoms with Crippen LogP contribution in [-0.4, -0.2) is 18.5 Å². The van der Waals surface area contributed by atoms with Crippen molar-refractivity contribution in [2.75, 3.05) is 0 Å². The van der Waals surface area contributed by atoms with Crippen LogP contribution in [0.3, 0.4) is 0 Å². The van der Waals surface area contributed by atoms with Crippen LogP contribution in [0.15, 0.2) is 66.7 Å². The summed E-state index contributed by atoms with van der Waals surface area (Å²) < 4.78 is 94.2. The second kappa shape index (κ2) is 10.5. The minimum Gasteiger partial charge on any atom is -0.427 e. The monoisotopic (exact) mass is 484 g/mol. The largest absolute Gasteiger partial charge is 0.439 e. The summed E-state index contributed by atoms with van der Waals surface area (Å²) in [5.74, 6) is -2.46. The van der Waals surface area contributed by atoms with E-state index in [9.17, 15) is 30.7 Å². The van der Waals surface area contributed by atoms with Crippen molar-refractivity contribution < 1.29 is 35.5 Å². The molecule has 3 aromatic carbocycles. The number of benzene rings is 3. The highest BCUT2D eigenvalue weighted by molar-refractivity contribution is 5.64. The predicted octanol–water partition coefficient (Wildman–Crippen LogP) is 8.10. The molecule has 182 valence electrons. The van der Waals surface area contributed by atoms with E-state index >= 15 is 0 Å². The molecule has 0 heterocycles. The fourth-order valence-corrected chi connectivity index (χ4v) is 3.48. The number of aryl methyl sites for hydroxylation is 3. The van der Waals surface area contributed by atoms with Gasteiger partial charge in [-0.25, -0.2) is 8.78 Å². The number of hydrogen-bond donors (Lipinski definition) is 0. The van der Waals surface area contributed by atoms with Crippen molar-refractivity contribution in [2.45, 2.75) is 51.1 Å². The maximum absolute atomic E-state index is 14.1. The summed E-state index contributed by atoms with van der Waals surface area (Å²) in [6.45, 7) is 2.13. The third-order valence-corrected chi connectivity index (χ3v) is 5.31. The van der Waals surface area contributed by atoms with E-state index in [-0.39, 0.29) is 0 Å². The van der Waals surface area contributed by atoms with Gasteiger partial charge in [-0.3, -0.25) is 0 Å². The Morgan fingerprint density at radius 1 is 0.706 bits per heavy atom. The summed E-state index contributed by atoms with van der Waals surface area (Å²) in [7, 11) is 0. The highest BCUT2D eigenvalue weighted by atomic mass is 19.4. The molecule has 0 bridgehead atoms. The first-order chi connectivity index (χ1) is 16.0. The van der Waals surface area contributed by atoms with Gasteiger partial charge in [-0.1, -0.05) is 67.9 Å². The van der Waals surface area contributed by atoms with Gasteiger partial charge in [-0.05, 0) is 59.2 Å². The number of halogens is 7. The van der Waals surface area contributed by atoms with Gasteiger partial charge in [0, 0.05) is 0 Å². The van der Waals surface area contributed by atoms with Crippen LogP contribution in [0.1, 0.15) is 30.0 Å². The lowest BCUT2D eigenvalue weighted by atomic mass is 9.99. The van der Waals surface area contributed by atoms with Crippen LogP contribution < -0.4 is 4.74 Å². The smallest absolute Gasteiger partial charge is 0.427 e. The quantitative estimate of drug-likeness (QED) is 0.279. The van der Waals surface area contributed by atoms with E-state index in [1.807, 2.05) is 24.3 Å². The Kier molecular flexibility index (Phi) is 7.89. The molecule has 1 unspecified atom stereocenters. The zero-order valence-corrected chi connectivity index (χ0v) is 18.3. The first-order valence-electron chi connectivity index (χ1n) is 10.7. The molecule has 0 fully saturated rings. The first-order valence-corrected chi connectivity index (χ1v) is 10.7. The van der Waals surface area contributed by atoms with Gasteiger partial charge < -0.3 is 4.74 Å². The molecule has 0 saturated carbocycles. The van der Waals surface area contributed by atoms with Crippen molar-refractivity contribution in [3.05, 3.63) is 89.2 Å². The third-order valence-electron chi connectivity index (χ3n) is 5.31. The van der Waals surface area contributed by atoms with Gasteiger partial charge in [0.25, 0.3) is 6.17 Å². The SMILES string of the molecule is CCCc1ccc(-c2ccc(CCc3ccc(OC(F)(F)C(F)C(F)(F)F)c(F)c3)cc2)cc1. The highest BCUT2D eigenvalue weighted by Crippen LogP contribution is 2.37. The van der Waals surface area contributed by atoms with E-state index in [2.05, 4.69) is 35.9 Å². The van der Waals surface area contributed by atoms with E-state index < -0.39 is 30.0 Å². The van der Waals surface area contributed by atoms with E-state index in [4.69, 9.17) is 0 Å². The molecule has 0 N–H and O–H groups in total. The number of alkyl halides is 6. The molecular formula is C26H23F7O. The molecule has 0 aliphatic heterocycles. The lowest BCUT2D eigenvalue weighted by molar-refractivity contribution is -0.305. The third kappa shape index (κ3) is 6.52. The molecule has 0 amide bonds. The van der Waals surface area contributed by atoms with Crippen LogP contribution in [0, 0.1) is 5.82 Å². The molecule has 0 aromatic heterocycles. The molecule has 0 spiro atoms. The normalized spacial score (nSPS) is 13.1. The Balaban J connectivity index is 1.61. The molecule has 0 saturated heterocycles. The minimum absolute atomic E-state index is 0.354. The fourth-order valence-electron chi connectivity index (χ4n) is 3.48. The van der Waals surface area contributed by atoms with Crippen molar-refractivity contribution in [3.8, 4) is 16.9 Å². The summed E-state index contributed by atoms with van der Waals surface area (Å²) in [5, 5.41) is 0. The van der Waals surface area contributed by atoms with Crippen molar-refractivity contribution in [1.29, 1.82) is 0 Å². The highest BCUT2D eigenvalue weighted by Gasteiger charge is 2.59. The van der Waals surface area contributed by atoms with Crippen molar-refractivity contribution >= 4 is 0 Å². The van der Waals surface area contributed by atoms with Crippen LogP contribution in [0.25, 0.3) is 11.1 Å². The molecule has 1 atom stereocenters. The van der Waals surface area contributed by atoms with Crippen LogP contribution >= 0.6 is 0 Å². The minimum atomic E-state index is -5.84. The van der Waals surface area contributed by atoms with Gasteiger partial charge in [0.05, 0.1) is 0 Å². The molecule has 3 rings (SSSR count). The average Bonchev–Trinajstić information content (AvgIpc) is 2.79. The fraction of sp³-hybridized carbons (Fsp3) is 0.308. The maximum atomic E-state index is 14.1. The Hall–Kier alpha value is -3.03. The van der Waals surface area contributed by atoms with E-state index in [1.165, 1.54) is 11.6 Å². The van der Waals surface area contributed by atoms with E-state index in [0.29, 0.717) is 18.4 Å². The summed E-state index contributed by atoms with van der Waals surface area (Å²) in [6.07, 6.45) is -12.7. The first kappa shape index (κ1) is 25.6. The van der Waals surface area contributed by atoms with Gasteiger partial charge in [0.2, 0.25) is 0 Å². The summed E-state index contributed by atoms with van der Waals surface area (Å²) in [6, 6.07) is 19.0. The number of hydrogen-bond acceptors (Lipinski definition) is 1. The van der Waals surface area contributed by atoms with Gasteiger partial charge in [0.15, 0.2) is 11.6 Å². The Bertz CT molecular complexity index is 1070. The van der Waals surface area contributed by atoms with Gasteiger partial charge in [0.1, 0.15) is 0 Å². The second-order valence-corrected chi connectivity index (χ2v) is 7.98. The predicted molar refractivity (Wildman–Crippen MR) is 116 cm³/mol.